The van der Waals surface area contributed by atoms with Crippen molar-refractivity contribution in [3.05, 3.63) is 81.6 Å². The van der Waals surface area contributed by atoms with Gasteiger partial charge in [0, 0.05) is 60.5 Å². The quantitative estimate of drug-likeness (QED) is 0.259. The van der Waals surface area contributed by atoms with Crippen molar-refractivity contribution in [2.75, 3.05) is 19.8 Å². The number of hydrogen-bond acceptors (Lipinski definition) is 4. The van der Waals surface area contributed by atoms with Crippen LogP contribution < -0.4 is 5.32 Å². The van der Waals surface area contributed by atoms with Crippen molar-refractivity contribution in [1.82, 2.24) is 5.32 Å². The lowest BCUT2D eigenvalue weighted by Gasteiger charge is -2.36. The molecule has 6 rings (SSSR count). The molecule has 1 saturated heterocycles. The Balaban J connectivity index is 1.09. The third-order valence-corrected chi connectivity index (χ3v) is 10.5. The topological polar surface area (TPSA) is 53.9 Å². The Morgan fingerprint density at radius 3 is 2.77 bits per heavy atom. The Morgan fingerprint density at radius 1 is 1.16 bits per heavy atom. The van der Waals surface area contributed by atoms with E-state index < -0.39 is 18.1 Å². The smallest absolute Gasteiger partial charge is 0.255 e. The van der Waals surface area contributed by atoms with E-state index in [2.05, 4.69) is 35.5 Å². The molecule has 0 bridgehead atoms. The number of aliphatic hydroxyl groups excluding tert-OH is 1. The van der Waals surface area contributed by atoms with Crippen LogP contribution in [-0.4, -0.2) is 43.2 Å². The molecule has 2 N–H and O–H groups in total. The highest BCUT2D eigenvalue weighted by Gasteiger charge is 2.37. The summed E-state index contributed by atoms with van der Waals surface area (Å²) >= 11 is 6.61. The molecule has 5 aliphatic carbocycles. The van der Waals surface area contributed by atoms with E-state index in [0.29, 0.717) is 35.2 Å². The number of aliphatic imine (C=N–C) groups is 1. The molecule has 1 heterocycles. The van der Waals surface area contributed by atoms with Gasteiger partial charge in [-0.3, -0.25) is 4.99 Å². The molecule has 0 radical (unpaired) electrons. The fraction of sp³-hybridized carbons (Fsp3) is 0.583. The summed E-state index contributed by atoms with van der Waals surface area (Å²) in [6.45, 7) is 5.61. The van der Waals surface area contributed by atoms with Crippen LogP contribution in [0.2, 0.25) is 0 Å². The molecule has 6 atom stereocenters. The van der Waals surface area contributed by atoms with Gasteiger partial charge in [0.15, 0.2) is 6.23 Å². The van der Waals surface area contributed by atoms with Crippen molar-refractivity contribution >= 4 is 17.8 Å². The number of aliphatic hydroxyl groups is 1. The number of fused-ring (bicyclic) bond motifs is 1. The van der Waals surface area contributed by atoms with Gasteiger partial charge in [0.05, 0.1) is 5.92 Å². The highest BCUT2D eigenvalue weighted by Crippen LogP contribution is 2.47. The predicted octanol–water partition coefficient (Wildman–Crippen LogP) is 8.20. The summed E-state index contributed by atoms with van der Waals surface area (Å²) in [6.07, 6.45) is 25.0. The zero-order valence-corrected chi connectivity index (χ0v) is 26.1. The molecule has 0 aromatic heterocycles. The molecule has 4 nitrogen and oxygen atoms in total. The number of nitrogens with one attached hydrogen (secondary N) is 1. The Morgan fingerprint density at radius 2 is 1.98 bits per heavy atom. The Bertz CT molecular complexity index is 1330. The van der Waals surface area contributed by atoms with E-state index in [1.165, 1.54) is 0 Å². The molecule has 232 valence electrons. The maximum atomic E-state index is 14.5. The standard InChI is InChI=1S/C36H45ClF2N2O2/c1-35(22-41-34(42)27-6-5-24(15-27)14-23-9-12-43-13-10-23)11-3-4-25(20-35)21-40-33-18-29(36(2,38)39)8-7-26-16-28-17-30(28)32(37)19-31(26)33/h5-8,15,17-19,22-25,28-29,34,40,42H,3-4,9-14,16,20-21H2,1-2H3. The Labute approximate surface area is 260 Å². The second-order valence-electron chi connectivity index (χ2n) is 13.9. The average molecular weight is 611 g/mol. The Hall–Kier alpha value is -2.28. The number of hydrogen-bond donors (Lipinski definition) is 2. The molecular weight excluding hydrogens is 566 g/mol. The van der Waals surface area contributed by atoms with Gasteiger partial charge in [-0.15, -0.1) is 0 Å². The lowest BCUT2D eigenvalue weighted by molar-refractivity contribution is -0.00441. The maximum Gasteiger partial charge on any atom is 0.255 e. The molecule has 7 heteroatoms. The number of rotatable bonds is 9. The summed E-state index contributed by atoms with van der Waals surface area (Å²) in [6, 6.07) is 0. The van der Waals surface area contributed by atoms with E-state index in [-0.39, 0.29) is 5.41 Å². The van der Waals surface area contributed by atoms with Gasteiger partial charge in [-0.05, 0) is 91.6 Å². The zero-order chi connectivity index (χ0) is 30.2. The highest BCUT2D eigenvalue weighted by molar-refractivity contribution is 6.32. The number of allylic oxidation sites excluding steroid dienone is 10. The average Bonchev–Trinajstić information content (AvgIpc) is 3.66. The van der Waals surface area contributed by atoms with E-state index in [1.54, 1.807) is 12.2 Å². The summed E-state index contributed by atoms with van der Waals surface area (Å²) in [4.78, 5) is 4.63. The molecule has 2 fully saturated rings. The Kier molecular flexibility index (Phi) is 9.01. The first-order valence-corrected chi connectivity index (χ1v) is 16.5. The van der Waals surface area contributed by atoms with Crippen LogP contribution in [0.3, 0.4) is 0 Å². The van der Waals surface area contributed by atoms with Gasteiger partial charge >= 0.3 is 0 Å². The monoisotopic (exact) mass is 610 g/mol. The number of halogens is 3. The van der Waals surface area contributed by atoms with Gasteiger partial charge in [-0.1, -0.05) is 61.4 Å². The van der Waals surface area contributed by atoms with Gasteiger partial charge in [0.1, 0.15) is 0 Å². The van der Waals surface area contributed by atoms with Crippen molar-refractivity contribution in [3.8, 4) is 0 Å². The van der Waals surface area contributed by atoms with E-state index in [4.69, 9.17) is 16.3 Å². The molecule has 0 aromatic rings. The van der Waals surface area contributed by atoms with E-state index in [1.807, 2.05) is 24.4 Å². The highest BCUT2D eigenvalue weighted by atomic mass is 35.5. The van der Waals surface area contributed by atoms with Crippen molar-refractivity contribution in [2.24, 2.45) is 40.0 Å². The van der Waals surface area contributed by atoms with Gasteiger partial charge in [0.25, 0.3) is 5.92 Å². The van der Waals surface area contributed by atoms with Crippen LogP contribution in [0, 0.1) is 35.0 Å². The normalized spacial score (nSPS) is 33.6. The molecule has 6 aliphatic rings. The van der Waals surface area contributed by atoms with Crippen LogP contribution in [0.4, 0.5) is 8.78 Å². The molecule has 1 aliphatic heterocycles. The first kappa shape index (κ1) is 30.7. The third kappa shape index (κ3) is 7.51. The molecule has 6 unspecified atom stereocenters. The van der Waals surface area contributed by atoms with Crippen molar-refractivity contribution in [1.29, 1.82) is 0 Å². The zero-order valence-electron chi connectivity index (χ0n) is 25.4. The minimum Gasteiger partial charge on any atom is -0.385 e. The number of nitrogens with zero attached hydrogens (tertiary/aromatic N) is 1. The second-order valence-corrected chi connectivity index (χ2v) is 14.3. The molecule has 43 heavy (non-hydrogen) atoms. The van der Waals surface area contributed by atoms with Crippen LogP contribution in [0.1, 0.15) is 65.2 Å². The van der Waals surface area contributed by atoms with Crippen LogP contribution in [0.5, 0.6) is 0 Å². The summed E-state index contributed by atoms with van der Waals surface area (Å²) in [7, 11) is 0. The van der Waals surface area contributed by atoms with Crippen LogP contribution in [0.15, 0.2) is 86.6 Å². The predicted molar refractivity (Wildman–Crippen MR) is 170 cm³/mol. The third-order valence-electron chi connectivity index (χ3n) is 10.1. The fourth-order valence-electron chi connectivity index (χ4n) is 7.49. The van der Waals surface area contributed by atoms with Gasteiger partial charge < -0.3 is 15.2 Å². The summed E-state index contributed by atoms with van der Waals surface area (Å²) in [5, 5.41) is 15.2. The fourth-order valence-corrected chi connectivity index (χ4v) is 7.80. The largest absolute Gasteiger partial charge is 0.385 e. The van der Waals surface area contributed by atoms with Gasteiger partial charge in [0.2, 0.25) is 0 Å². The molecule has 0 spiro atoms. The first-order chi connectivity index (χ1) is 20.6. The second kappa shape index (κ2) is 12.6. The molecule has 0 amide bonds. The van der Waals surface area contributed by atoms with E-state index in [0.717, 1.165) is 99.5 Å². The van der Waals surface area contributed by atoms with Crippen LogP contribution in [-0.2, 0) is 4.74 Å². The van der Waals surface area contributed by atoms with Crippen LogP contribution >= 0.6 is 11.6 Å². The summed E-state index contributed by atoms with van der Waals surface area (Å²) < 4.78 is 34.5. The minimum atomic E-state index is -2.86. The molecule has 1 saturated carbocycles. The molecular formula is C36H45ClF2N2O2. The summed E-state index contributed by atoms with van der Waals surface area (Å²) in [5.41, 5.74) is 4.64. The summed E-state index contributed by atoms with van der Waals surface area (Å²) in [5.74, 6) is -2.13. The van der Waals surface area contributed by atoms with Crippen molar-refractivity contribution < 1.29 is 18.6 Å². The van der Waals surface area contributed by atoms with E-state index in [9.17, 15) is 13.9 Å². The number of alkyl halides is 2. The van der Waals surface area contributed by atoms with Gasteiger partial charge in [-0.25, -0.2) is 8.78 Å². The molecule has 0 aromatic carbocycles. The SMILES string of the molecule is CC1(C=NC(O)C2=CC(CC3CCOCC3)C=C2)CCCC(CNC2=CC(C(C)(F)F)C=CC3=C2C=C(Cl)C2=CC2C3)C1. The van der Waals surface area contributed by atoms with Crippen LogP contribution in [0.25, 0.3) is 0 Å². The minimum absolute atomic E-state index is 0.127. The first-order valence-electron chi connectivity index (χ1n) is 16.1. The van der Waals surface area contributed by atoms with Gasteiger partial charge in [-0.2, -0.15) is 0 Å². The number of ether oxygens (including phenoxy) is 1. The lowest BCUT2D eigenvalue weighted by atomic mass is 9.71. The lowest BCUT2D eigenvalue weighted by Crippen LogP contribution is -2.34. The van der Waals surface area contributed by atoms with Crippen molar-refractivity contribution in [2.45, 2.75) is 77.4 Å². The maximum absolute atomic E-state index is 14.5. The van der Waals surface area contributed by atoms with E-state index >= 15 is 0 Å². The van der Waals surface area contributed by atoms with Crippen molar-refractivity contribution in [3.63, 3.8) is 0 Å².